The van der Waals surface area contributed by atoms with Crippen LogP contribution >= 0.6 is 0 Å². The Labute approximate surface area is 118 Å². The number of aromatic nitrogens is 3. The number of carbonyl (C=O) groups is 1. The normalized spacial score (nSPS) is 19.8. The molecule has 1 fully saturated rings. The van der Waals surface area contributed by atoms with E-state index in [0.717, 1.165) is 5.69 Å². The smallest absolute Gasteiger partial charge is 0.187 e. The van der Waals surface area contributed by atoms with Crippen molar-refractivity contribution in [1.82, 2.24) is 15.0 Å². The molecule has 1 aromatic carbocycles. The van der Waals surface area contributed by atoms with Crippen LogP contribution in [0.3, 0.4) is 0 Å². The molecule has 0 radical (unpaired) electrons. The van der Waals surface area contributed by atoms with Crippen molar-refractivity contribution >= 4 is 5.78 Å². The summed E-state index contributed by atoms with van der Waals surface area (Å²) in [5.74, 6) is 0.157. The van der Waals surface area contributed by atoms with Crippen LogP contribution in [0.15, 0.2) is 36.5 Å². The number of nitrogens with zero attached hydrogens (tertiary/aromatic N) is 3. The highest BCUT2D eigenvalue weighted by atomic mass is 16.1. The van der Waals surface area contributed by atoms with Crippen LogP contribution in [0, 0.1) is 16.7 Å². The summed E-state index contributed by atoms with van der Waals surface area (Å²) in [6.07, 6.45) is 1.57. The Morgan fingerprint density at radius 1 is 1.10 bits per heavy atom. The molecule has 0 unspecified atom stereocenters. The van der Waals surface area contributed by atoms with Gasteiger partial charge in [0.2, 0.25) is 0 Å². The van der Waals surface area contributed by atoms with Crippen LogP contribution < -0.4 is 0 Å². The van der Waals surface area contributed by atoms with Crippen LogP contribution in [0.2, 0.25) is 0 Å². The van der Waals surface area contributed by atoms with Gasteiger partial charge in [-0.2, -0.15) is 0 Å². The molecule has 0 bridgehead atoms. The van der Waals surface area contributed by atoms with Crippen LogP contribution in [0.4, 0.5) is 0 Å². The fourth-order valence-electron chi connectivity index (χ4n) is 3.16. The molecule has 0 saturated heterocycles. The fraction of sp³-hybridized carbons (Fsp3) is 0.438. The standard InChI is InChI=1S/C16H19N3O/c1-15(2)14(16(15,3)4)13(20)12-10-17-18-19(12)11-8-6-5-7-9-11/h5-10,14H,1-4H3. The van der Waals surface area contributed by atoms with Gasteiger partial charge in [-0.15, -0.1) is 5.10 Å². The second-order valence-electron chi connectivity index (χ2n) is 6.61. The van der Waals surface area contributed by atoms with Gasteiger partial charge in [0.1, 0.15) is 5.69 Å². The molecule has 1 heterocycles. The summed E-state index contributed by atoms with van der Waals surface area (Å²) in [6, 6.07) is 9.64. The molecule has 4 nitrogen and oxygen atoms in total. The van der Waals surface area contributed by atoms with Gasteiger partial charge < -0.3 is 0 Å². The molecule has 2 aromatic rings. The maximum atomic E-state index is 12.8. The summed E-state index contributed by atoms with van der Waals surface area (Å²) in [7, 11) is 0. The zero-order chi connectivity index (χ0) is 14.5. The second-order valence-corrected chi connectivity index (χ2v) is 6.61. The minimum atomic E-state index is 0.0237. The molecular weight excluding hydrogens is 250 g/mol. The first-order valence-electron chi connectivity index (χ1n) is 6.87. The van der Waals surface area contributed by atoms with Crippen LogP contribution in [-0.2, 0) is 0 Å². The number of ketones is 1. The average Bonchev–Trinajstić information content (AvgIpc) is 2.76. The fourth-order valence-corrected chi connectivity index (χ4v) is 3.16. The number of carbonyl (C=O) groups excluding carboxylic acids is 1. The Morgan fingerprint density at radius 3 is 2.25 bits per heavy atom. The number of para-hydroxylation sites is 1. The maximum absolute atomic E-state index is 12.8. The molecule has 0 spiro atoms. The Morgan fingerprint density at radius 2 is 1.70 bits per heavy atom. The summed E-state index contributed by atoms with van der Waals surface area (Å²) in [4.78, 5) is 12.8. The summed E-state index contributed by atoms with van der Waals surface area (Å²) >= 11 is 0. The first-order chi connectivity index (χ1) is 9.37. The van der Waals surface area contributed by atoms with E-state index in [-0.39, 0.29) is 22.5 Å². The Hall–Kier alpha value is -1.97. The zero-order valence-corrected chi connectivity index (χ0v) is 12.3. The van der Waals surface area contributed by atoms with Gasteiger partial charge in [-0.1, -0.05) is 51.1 Å². The van der Waals surface area contributed by atoms with Crippen LogP contribution in [0.1, 0.15) is 38.2 Å². The third kappa shape index (κ3) is 1.64. The number of benzene rings is 1. The molecule has 1 aliphatic rings. The van der Waals surface area contributed by atoms with Gasteiger partial charge in [0.25, 0.3) is 0 Å². The highest BCUT2D eigenvalue weighted by molar-refractivity contribution is 6.00. The Kier molecular flexibility index (Phi) is 2.61. The van der Waals surface area contributed by atoms with E-state index in [1.807, 2.05) is 30.3 Å². The number of hydrogen-bond acceptors (Lipinski definition) is 3. The largest absolute Gasteiger partial charge is 0.292 e. The van der Waals surface area contributed by atoms with Crippen molar-refractivity contribution in [3.8, 4) is 5.69 Å². The van der Waals surface area contributed by atoms with E-state index in [2.05, 4.69) is 38.0 Å². The topological polar surface area (TPSA) is 47.8 Å². The van der Waals surface area contributed by atoms with E-state index in [0.29, 0.717) is 5.69 Å². The van der Waals surface area contributed by atoms with Gasteiger partial charge in [0.05, 0.1) is 11.9 Å². The predicted octanol–water partition coefficient (Wildman–Crippen LogP) is 3.13. The third-order valence-corrected chi connectivity index (χ3v) is 5.09. The van der Waals surface area contributed by atoms with Crippen LogP contribution in [0.5, 0.6) is 0 Å². The molecule has 1 aliphatic carbocycles. The first-order valence-corrected chi connectivity index (χ1v) is 6.87. The molecule has 1 aromatic heterocycles. The van der Waals surface area contributed by atoms with Crippen molar-refractivity contribution in [2.24, 2.45) is 16.7 Å². The molecule has 0 atom stereocenters. The van der Waals surface area contributed by atoms with E-state index in [9.17, 15) is 4.79 Å². The number of Topliss-reactive ketones (excluding diaryl/α,β-unsaturated/α-hetero) is 1. The van der Waals surface area contributed by atoms with E-state index in [4.69, 9.17) is 0 Å². The van der Waals surface area contributed by atoms with Crippen molar-refractivity contribution < 1.29 is 4.79 Å². The Balaban J connectivity index is 1.98. The Bertz CT molecular complexity index is 641. The molecule has 4 heteroatoms. The summed E-state index contributed by atoms with van der Waals surface area (Å²) < 4.78 is 1.63. The maximum Gasteiger partial charge on any atom is 0.187 e. The van der Waals surface area contributed by atoms with E-state index >= 15 is 0 Å². The van der Waals surface area contributed by atoms with Crippen molar-refractivity contribution in [1.29, 1.82) is 0 Å². The summed E-state index contributed by atoms with van der Waals surface area (Å²) in [5, 5.41) is 7.98. The molecule has 1 saturated carbocycles. The lowest BCUT2D eigenvalue weighted by Gasteiger charge is -2.06. The quantitative estimate of drug-likeness (QED) is 0.804. The summed E-state index contributed by atoms with van der Waals surface area (Å²) in [5.41, 5.74) is 1.48. The molecule has 0 amide bonds. The molecule has 3 rings (SSSR count). The minimum absolute atomic E-state index is 0.0237. The first kappa shape index (κ1) is 13.0. The van der Waals surface area contributed by atoms with Gasteiger partial charge in [-0.25, -0.2) is 4.68 Å². The predicted molar refractivity (Wildman–Crippen MR) is 76.7 cm³/mol. The van der Waals surface area contributed by atoms with Crippen molar-refractivity contribution in [3.63, 3.8) is 0 Å². The molecular formula is C16H19N3O. The SMILES string of the molecule is CC1(C)C(C(=O)c2cnnn2-c2ccccc2)C1(C)C. The summed E-state index contributed by atoms with van der Waals surface area (Å²) in [6.45, 7) is 8.58. The van der Waals surface area contributed by atoms with Gasteiger partial charge in [0, 0.05) is 5.92 Å². The van der Waals surface area contributed by atoms with Gasteiger partial charge >= 0.3 is 0 Å². The van der Waals surface area contributed by atoms with Gasteiger partial charge in [-0.3, -0.25) is 4.79 Å². The van der Waals surface area contributed by atoms with Crippen molar-refractivity contribution in [2.75, 3.05) is 0 Å². The average molecular weight is 269 g/mol. The highest BCUT2D eigenvalue weighted by Crippen LogP contribution is 2.69. The lowest BCUT2D eigenvalue weighted by molar-refractivity contribution is 0.0937. The third-order valence-electron chi connectivity index (χ3n) is 5.09. The van der Waals surface area contributed by atoms with E-state index in [1.165, 1.54) is 0 Å². The van der Waals surface area contributed by atoms with Crippen molar-refractivity contribution in [3.05, 3.63) is 42.2 Å². The lowest BCUT2D eigenvalue weighted by Crippen LogP contribution is -2.13. The molecule has 0 aliphatic heterocycles. The second kappa shape index (κ2) is 4.01. The van der Waals surface area contributed by atoms with E-state index in [1.54, 1.807) is 10.9 Å². The van der Waals surface area contributed by atoms with Gasteiger partial charge in [0.15, 0.2) is 5.78 Å². The molecule has 20 heavy (non-hydrogen) atoms. The van der Waals surface area contributed by atoms with E-state index < -0.39 is 0 Å². The molecule has 104 valence electrons. The number of hydrogen-bond donors (Lipinski definition) is 0. The van der Waals surface area contributed by atoms with Crippen LogP contribution in [-0.4, -0.2) is 20.8 Å². The van der Waals surface area contributed by atoms with Gasteiger partial charge in [-0.05, 0) is 23.0 Å². The molecule has 0 N–H and O–H groups in total. The zero-order valence-electron chi connectivity index (χ0n) is 12.3. The highest BCUT2D eigenvalue weighted by Gasteiger charge is 2.68. The van der Waals surface area contributed by atoms with Crippen molar-refractivity contribution in [2.45, 2.75) is 27.7 Å². The lowest BCUT2D eigenvalue weighted by atomic mass is 10.0. The number of rotatable bonds is 3. The minimum Gasteiger partial charge on any atom is -0.292 e. The van der Waals surface area contributed by atoms with Crippen LogP contribution in [0.25, 0.3) is 5.69 Å². The monoisotopic (exact) mass is 269 g/mol.